The summed E-state index contributed by atoms with van der Waals surface area (Å²) in [4.78, 5) is 55.0. The molecule has 0 spiro atoms. The summed E-state index contributed by atoms with van der Waals surface area (Å²) in [6.07, 6.45) is 1.48. The first-order valence-electron chi connectivity index (χ1n) is 15.2. The number of aromatic hydroxyl groups is 1. The summed E-state index contributed by atoms with van der Waals surface area (Å²) in [5, 5.41) is 15.2. The number of esters is 1. The second kappa shape index (κ2) is 16.7. The SMILES string of the molecule is CCc1ccc(C(C(=O)NCC(=O)OC)N(C(=O)C(Cc2ccc(O)cc2)NC(=O)OC(C)(C)C)C(C)CCC(C)C)cc1. The summed E-state index contributed by atoms with van der Waals surface area (Å²) in [5.41, 5.74) is 1.50. The summed E-state index contributed by atoms with van der Waals surface area (Å²) in [7, 11) is 1.23. The lowest BCUT2D eigenvalue weighted by atomic mass is 9.95. The van der Waals surface area contributed by atoms with Crippen LogP contribution in [0, 0.1) is 5.92 Å². The first kappa shape index (κ1) is 36.1. The Bertz CT molecular complexity index is 1240. The first-order valence-corrected chi connectivity index (χ1v) is 15.2. The number of rotatable bonds is 14. The minimum absolute atomic E-state index is 0.0681. The molecule has 10 nitrogen and oxygen atoms in total. The number of hydrogen-bond acceptors (Lipinski definition) is 7. The van der Waals surface area contributed by atoms with Crippen molar-refractivity contribution >= 4 is 23.9 Å². The van der Waals surface area contributed by atoms with E-state index in [1.54, 1.807) is 32.9 Å². The van der Waals surface area contributed by atoms with E-state index < -0.39 is 47.6 Å². The Hall–Kier alpha value is -4.08. The molecule has 3 N–H and O–H groups in total. The van der Waals surface area contributed by atoms with Crippen molar-refractivity contribution in [1.82, 2.24) is 15.5 Å². The normalized spacial score (nSPS) is 13.4. The number of phenolic OH excluding ortho intramolecular Hbond substituents is 1. The van der Waals surface area contributed by atoms with Crippen LogP contribution in [-0.2, 0) is 36.7 Å². The molecule has 0 heterocycles. The molecule has 10 heteroatoms. The number of methoxy groups -OCH3 is 1. The average Bonchev–Trinajstić information content (AvgIpc) is 2.96. The van der Waals surface area contributed by atoms with E-state index in [0.29, 0.717) is 23.5 Å². The van der Waals surface area contributed by atoms with E-state index in [-0.39, 0.29) is 18.7 Å². The molecule has 0 aliphatic carbocycles. The highest BCUT2D eigenvalue weighted by atomic mass is 16.6. The van der Waals surface area contributed by atoms with Gasteiger partial charge in [0.15, 0.2) is 0 Å². The number of nitrogens with zero attached hydrogens (tertiary/aromatic N) is 1. The largest absolute Gasteiger partial charge is 0.508 e. The summed E-state index contributed by atoms with van der Waals surface area (Å²) in [5.74, 6) is -1.25. The molecule has 0 aromatic heterocycles. The Kier molecular flexibility index (Phi) is 13.7. The van der Waals surface area contributed by atoms with Crippen LogP contribution < -0.4 is 10.6 Å². The fourth-order valence-corrected chi connectivity index (χ4v) is 4.71. The number of nitrogens with one attached hydrogen (secondary N) is 2. The van der Waals surface area contributed by atoms with Crippen LogP contribution in [0.2, 0.25) is 0 Å². The zero-order valence-electron chi connectivity index (χ0n) is 27.3. The predicted molar refractivity (Wildman–Crippen MR) is 169 cm³/mol. The van der Waals surface area contributed by atoms with E-state index in [9.17, 15) is 24.3 Å². The van der Waals surface area contributed by atoms with Crippen molar-refractivity contribution < 1.29 is 33.8 Å². The zero-order valence-corrected chi connectivity index (χ0v) is 27.3. The fourth-order valence-electron chi connectivity index (χ4n) is 4.71. The predicted octanol–water partition coefficient (Wildman–Crippen LogP) is 5.07. The van der Waals surface area contributed by atoms with Gasteiger partial charge in [-0.3, -0.25) is 14.4 Å². The van der Waals surface area contributed by atoms with Crippen molar-refractivity contribution in [3.63, 3.8) is 0 Å². The molecule has 2 aromatic rings. The van der Waals surface area contributed by atoms with Gasteiger partial charge in [-0.25, -0.2) is 4.79 Å². The lowest BCUT2D eigenvalue weighted by molar-refractivity contribution is -0.146. The van der Waals surface area contributed by atoms with E-state index in [1.807, 2.05) is 38.1 Å². The molecule has 3 atom stereocenters. The number of carbonyl (C=O) groups excluding carboxylic acids is 4. The average molecular weight is 612 g/mol. The van der Waals surface area contributed by atoms with Crippen LogP contribution in [0.1, 0.15) is 84.0 Å². The minimum atomic E-state index is -1.11. The molecule has 0 fully saturated rings. The number of benzene rings is 2. The summed E-state index contributed by atoms with van der Waals surface area (Å²) < 4.78 is 10.2. The van der Waals surface area contributed by atoms with Crippen LogP contribution in [0.25, 0.3) is 0 Å². The Balaban J connectivity index is 2.66. The fraction of sp³-hybridized carbons (Fsp3) is 0.529. The number of phenols is 1. The van der Waals surface area contributed by atoms with E-state index >= 15 is 0 Å². The molecule has 3 unspecified atom stereocenters. The molecule has 0 radical (unpaired) electrons. The molecule has 0 saturated heterocycles. The quantitative estimate of drug-likeness (QED) is 0.254. The zero-order chi connectivity index (χ0) is 33.0. The molecular formula is C34H49N3O7. The third-order valence-electron chi connectivity index (χ3n) is 7.12. The summed E-state index contributed by atoms with van der Waals surface area (Å²) in [6, 6.07) is 11.1. The third-order valence-corrected chi connectivity index (χ3v) is 7.12. The van der Waals surface area contributed by atoms with Crippen LogP contribution in [0.5, 0.6) is 5.75 Å². The molecule has 0 aliphatic rings. The maximum absolute atomic E-state index is 14.7. The van der Waals surface area contributed by atoms with Gasteiger partial charge in [-0.15, -0.1) is 0 Å². The Morgan fingerprint density at radius 3 is 2.02 bits per heavy atom. The number of carbonyl (C=O) groups is 4. The molecule has 0 saturated carbocycles. The van der Waals surface area contributed by atoms with Crippen LogP contribution >= 0.6 is 0 Å². The van der Waals surface area contributed by atoms with E-state index in [4.69, 9.17) is 9.47 Å². The van der Waals surface area contributed by atoms with Crippen molar-refractivity contribution in [3.05, 3.63) is 65.2 Å². The van der Waals surface area contributed by atoms with Gasteiger partial charge in [0.05, 0.1) is 7.11 Å². The minimum Gasteiger partial charge on any atom is -0.508 e. The van der Waals surface area contributed by atoms with Crippen LogP contribution in [-0.4, -0.2) is 65.2 Å². The number of aryl methyl sites for hydroxylation is 1. The second-order valence-corrected chi connectivity index (χ2v) is 12.4. The number of hydrogen-bond donors (Lipinski definition) is 3. The van der Waals surface area contributed by atoms with Gasteiger partial charge in [-0.2, -0.15) is 0 Å². The third kappa shape index (κ3) is 11.5. The van der Waals surface area contributed by atoms with Crippen LogP contribution in [0.15, 0.2) is 48.5 Å². The Labute approximate surface area is 261 Å². The lowest BCUT2D eigenvalue weighted by Crippen LogP contribution is -2.56. The van der Waals surface area contributed by atoms with Gasteiger partial charge in [0, 0.05) is 12.5 Å². The molecule has 242 valence electrons. The summed E-state index contributed by atoms with van der Waals surface area (Å²) >= 11 is 0. The highest BCUT2D eigenvalue weighted by Crippen LogP contribution is 2.29. The van der Waals surface area contributed by atoms with Gasteiger partial charge < -0.3 is 30.1 Å². The smallest absolute Gasteiger partial charge is 0.408 e. The topological polar surface area (TPSA) is 134 Å². The van der Waals surface area contributed by atoms with Gasteiger partial charge >= 0.3 is 12.1 Å². The van der Waals surface area contributed by atoms with Crippen molar-refractivity contribution in [3.8, 4) is 5.75 Å². The lowest BCUT2D eigenvalue weighted by Gasteiger charge is -2.39. The molecule has 44 heavy (non-hydrogen) atoms. The highest BCUT2D eigenvalue weighted by Gasteiger charge is 2.39. The van der Waals surface area contributed by atoms with E-state index in [0.717, 1.165) is 18.4 Å². The van der Waals surface area contributed by atoms with Gasteiger partial charge in [-0.1, -0.05) is 57.2 Å². The van der Waals surface area contributed by atoms with Crippen LogP contribution in [0.4, 0.5) is 4.79 Å². The maximum Gasteiger partial charge on any atom is 0.408 e. The highest BCUT2D eigenvalue weighted by molar-refractivity contribution is 5.93. The number of ether oxygens (including phenoxy) is 2. The van der Waals surface area contributed by atoms with Crippen molar-refractivity contribution in [2.24, 2.45) is 5.92 Å². The second-order valence-electron chi connectivity index (χ2n) is 12.4. The van der Waals surface area contributed by atoms with Crippen molar-refractivity contribution in [2.75, 3.05) is 13.7 Å². The molecular weight excluding hydrogens is 562 g/mol. The van der Waals surface area contributed by atoms with Crippen molar-refractivity contribution in [2.45, 2.75) is 97.9 Å². The van der Waals surface area contributed by atoms with Gasteiger partial charge in [0.2, 0.25) is 11.8 Å². The molecule has 2 rings (SSSR count). The van der Waals surface area contributed by atoms with Gasteiger partial charge in [0.1, 0.15) is 30.0 Å². The summed E-state index contributed by atoms with van der Waals surface area (Å²) in [6.45, 7) is 12.9. The van der Waals surface area contributed by atoms with Crippen molar-refractivity contribution in [1.29, 1.82) is 0 Å². The van der Waals surface area contributed by atoms with E-state index in [1.165, 1.54) is 24.1 Å². The van der Waals surface area contributed by atoms with Gasteiger partial charge in [-0.05, 0) is 81.7 Å². The van der Waals surface area contributed by atoms with Gasteiger partial charge in [0.25, 0.3) is 0 Å². The first-order chi connectivity index (χ1) is 20.6. The standard InChI is InChI=1S/C34H49N3O7/c1-9-24-12-16-26(17-13-24)30(31(40)35-21-29(39)43-8)37(23(4)11-10-22(2)3)32(41)28(36-33(42)44-34(5,6)7)20-25-14-18-27(38)19-15-25/h12-19,22-23,28,30,38H,9-11,20-21H2,1-8H3,(H,35,40)(H,36,42). The Morgan fingerprint density at radius 1 is 0.909 bits per heavy atom. The number of alkyl carbamates (subject to hydrolysis) is 1. The molecule has 0 bridgehead atoms. The molecule has 0 aliphatic heterocycles. The molecule has 2 aromatic carbocycles. The monoisotopic (exact) mass is 611 g/mol. The Morgan fingerprint density at radius 2 is 1.50 bits per heavy atom. The number of amides is 3. The molecule has 3 amide bonds. The van der Waals surface area contributed by atoms with Crippen LogP contribution in [0.3, 0.4) is 0 Å². The van der Waals surface area contributed by atoms with E-state index in [2.05, 4.69) is 24.5 Å². The maximum atomic E-state index is 14.7.